The molecule has 9 aromatic carbocycles. The molecular weight excluding hydrogens is 645 g/mol. The summed E-state index contributed by atoms with van der Waals surface area (Å²) in [6, 6.07) is 64.3. The number of hydrogen-bond acceptors (Lipinski definition) is 2. The van der Waals surface area contributed by atoms with Gasteiger partial charge < -0.3 is 4.57 Å². The summed E-state index contributed by atoms with van der Waals surface area (Å²) in [4.78, 5) is 0. The van der Waals surface area contributed by atoms with E-state index in [-0.39, 0.29) is 0 Å². The van der Waals surface area contributed by atoms with Crippen molar-refractivity contribution < 1.29 is 0 Å². The minimum Gasteiger partial charge on any atom is -0.309 e. The fourth-order valence-electron chi connectivity index (χ4n) is 8.63. The van der Waals surface area contributed by atoms with Crippen molar-refractivity contribution in [2.75, 3.05) is 5.43 Å². The molecule has 0 aliphatic carbocycles. The van der Waals surface area contributed by atoms with Gasteiger partial charge in [0.05, 0.1) is 33.5 Å². The number of hydrogen-bond donors (Lipinski definition) is 2. The van der Waals surface area contributed by atoms with E-state index in [1.165, 1.54) is 54.1 Å². The van der Waals surface area contributed by atoms with E-state index in [0.717, 1.165) is 44.7 Å². The van der Waals surface area contributed by atoms with Gasteiger partial charge in [-0.15, -0.1) is 0 Å². The van der Waals surface area contributed by atoms with Crippen LogP contribution in [-0.4, -0.2) is 15.0 Å². The van der Waals surface area contributed by atoms with Crippen LogP contribution in [0.3, 0.4) is 0 Å². The van der Waals surface area contributed by atoms with E-state index in [0.29, 0.717) is 5.71 Å². The average Bonchev–Trinajstić information content (AvgIpc) is 3.73. The Balaban J connectivity index is 1.19. The second kappa shape index (κ2) is 11.4. The van der Waals surface area contributed by atoms with E-state index < -0.39 is 0 Å². The number of rotatable bonds is 6. The van der Waals surface area contributed by atoms with Crippen LogP contribution in [-0.2, 0) is 0 Å². The minimum atomic E-state index is 0.470. The maximum absolute atomic E-state index is 9.51. The van der Waals surface area contributed by atoms with Gasteiger partial charge in [0.1, 0.15) is 0 Å². The highest BCUT2D eigenvalue weighted by atomic mass is 15.4. The van der Waals surface area contributed by atoms with Crippen LogP contribution >= 0.6 is 0 Å². The third-order valence-corrected chi connectivity index (χ3v) is 10.9. The molecule has 2 heterocycles. The first-order valence-electron chi connectivity index (χ1n) is 18.0. The summed E-state index contributed by atoms with van der Waals surface area (Å²) < 4.78 is 4.66. The topological polar surface area (TPSA) is 45.7 Å². The first-order chi connectivity index (χ1) is 26.2. The van der Waals surface area contributed by atoms with Crippen LogP contribution in [0.1, 0.15) is 11.1 Å². The average molecular weight is 677 g/mol. The summed E-state index contributed by atoms with van der Waals surface area (Å²) in [6.07, 6.45) is 0. The van der Waals surface area contributed by atoms with Crippen LogP contribution in [0.2, 0.25) is 0 Å². The third-order valence-electron chi connectivity index (χ3n) is 10.9. The summed E-state index contributed by atoms with van der Waals surface area (Å²) in [5.74, 6) is 0. The van der Waals surface area contributed by atoms with Crippen LogP contribution in [0.25, 0.3) is 82.0 Å². The molecule has 11 rings (SSSR count). The lowest BCUT2D eigenvalue weighted by molar-refractivity contribution is 1.06. The van der Waals surface area contributed by atoms with Gasteiger partial charge >= 0.3 is 0 Å². The molecule has 248 valence electrons. The van der Waals surface area contributed by atoms with Crippen molar-refractivity contribution in [3.8, 4) is 16.8 Å². The van der Waals surface area contributed by atoms with Crippen molar-refractivity contribution in [2.45, 2.75) is 0 Å². The summed E-state index contributed by atoms with van der Waals surface area (Å²) in [5, 5.41) is 19.4. The van der Waals surface area contributed by atoms with Gasteiger partial charge in [-0.3, -0.25) is 15.5 Å². The summed E-state index contributed by atoms with van der Waals surface area (Å²) >= 11 is 0. The second-order valence-electron chi connectivity index (χ2n) is 13.8. The number of nitrogens with one attached hydrogen (secondary N) is 2. The highest BCUT2D eigenvalue weighted by molar-refractivity contribution is 6.39. The van der Waals surface area contributed by atoms with Gasteiger partial charge in [-0.2, -0.15) is 0 Å². The van der Waals surface area contributed by atoms with Crippen molar-refractivity contribution in [1.82, 2.24) is 9.24 Å². The Kier molecular flexibility index (Phi) is 6.37. The van der Waals surface area contributed by atoms with E-state index in [4.69, 9.17) is 0 Å². The van der Waals surface area contributed by atoms with E-state index >= 15 is 0 Å². The molecule has 0 saturated carbocycles. The van der Waals surface area contributed by atoms with Crippen LogP contribution in [0, 0.1) is 5.41 Å². The Hall–Kier alpha value is -7.17. The largest absolute Gasteiger partial charge is 0.309 e. The number of aromatic nitrogens is 2. The van der Waals surface area contributed by atoms with Crippen molar-refractivity contribution in [1.29, 1.82) is 5.41 Å². The zero-order valence-electron chi connectivity index (χ0n) is 28.7. The maximum Gasteiger partial charge on any atom is 0.0718 e. The normalized spacial score (nSPS) is 11.8. The first-order valence-corrected chi connectivity index (χ1v) is 18.0. The molecule has 0 unspecified atom stereocenters. The van der Waals surface area contributed by atoms with Gasteiger partial charge in [0.15, 0.2) is 0 Å². The van der Waals surface area contributed by atoms with Crippen molar-refractivity contribution >= 4 is 76.6 Å². The molecule has 0 aliphatic rings. The molecule has 0 aliphatic heterocycles. The standard InChI is InChI=1S/C49H32N4/c50-49(33-17-11-16-32(30-33)31-14-3-1-4-15-31)39-22-9-10-25-40(39)51-53-43-27-13-24-38-36-21-8-7-20-35(36)37-23-12-26-41-45(37)47-42(28-29-44(53)48(47)46(38)43)52(41)34-18-5-2-6-19-34/h1-30,50-51H. The molecule has 53 heavy (non-hydrogen) atoms. The lowest BCUT2D eigenvalue weighted by atomic mass is 9.95. The molecule has 0 atom stereocenters. The zero-order chi connectivity index (χ0) is 35.0. The van der Waals surface area contributed by atoms with Crippen molar-refractivity contribution in [3.05, 3.63) is 193 Å². The quantitative estimate of drug-likeness (QED) is 0.169. The van der Waals surface area contributed by atoms with Crippen LogP contribution in [0.5, 0.6) is 0 Å². The van der Waals surface area contributed by atoms with Gasteiger partial charge in [0.25, 0.3) is 0 Å². The molecule has 0 bridgehead atoms. The van der Waals surface area contributed by atoms with Gasteiger partial charge in [0.2, 0.25) is 0 Å². The number of anilines is 1. The summed E-state index contributed by atoms with van der Waals surface area (Å²) in [7, 11) is 0. The fraction of sp³-hybridized carbons (Fsp3) is 0. The van der Waals surface area contributed by atoms with Crippen LogP contribution in [0.4, 0.5) is 5.69 Å². The van der Waals surface area contributed by atoms with E-state index in [1.807, 2.05) is 36.4 Å². The fourth-order valence-corrected chi connectivity index (χ4v) is 8.63. The molecule has 0 spiro atoms. The molecule has 2 aromatic heterocycles. The zero-order valence-corrected chi connectivity index (χ0v) is 28.7. The maximum atomic E-state index is 9.51. The van der Waals surface area contributed by atoms with Gasteiger partial charge in [-0.25, -0.2) is 0 Å². The highest BCUT2D eigenvalue weighted by Gasteiger charge is 2.24. The Morgan fingerprint density at radius 2 is 0.943 bits per heavy atom. The molecule has 4 heteroatoms. The van der Waals surface area contributed by atoms with Gasteiger partial charge in [-0.05, 0) is 81.2 Å². The van der Waals surface area contributed by atoms with Crippen LogP contribution < -0.4 is 5.43 Å². The SMILES string of the molecule is N=C(c1cccc(-c2ccccc2)c1)c1ccccc1Nn1c2cccc3c4ccccc4c4cccc5c4c4c(c32)c1ccc4n5-c1ccccc1. The molecule has 11 aromatic rings. The molecule has 0 saturated heterocycles. The lowest BCUT2D eigenvalue weighted by Gasteiger charge is -2.16. The van der Waals surface area contributed by atoms with E-state index in [1.54, 1.807) is 0 Å². The Bertz CT molecular complexity index is 3200. The summed E-state index contributed by atoms with van der Waals surface area (Å²) in [5.41, 5.74) is 14.8. The Labute approximate surface area is 305 Å². The van der Waals surface area contributed by atoms with Gasteiger partial charge in [0, 0.05) is 38.4 Å². The number of para-hydroxylation sites is 2. The molecule has 2 N–H and O–H groups in total. The Morgan fingerprint density at radius 1 is 0.415 bits per heavy atom. The molecular formula is C49H32N4. The van der Waals surface area contributed by atoms with Crippen molar-refractivity contribution in [2.24, 2.45) is 0 Å². The molecule has 0 amide bonds. The number of fused-ring (bicyclic) bond motifs is 3. The molecule has 4 nitrogen and oxygen atoms in total. The number of nitrogens with zero attached hydrogens (tertiary/aromatic N) is 2. The van der Waals surface area contributed by atoms with E-state index in [9.17, 15) is 5.41 Å². The molecule has 0 radical (unpaired) electrons. The first kappa shape index (κ1) is 29.5. The third kappa shape index (κ3) is 4.33. The van der Waals surface area contributed by atoms with E-state index in [2.05, 4.69) is 160 Å². The smallest absolute Gasteiger partial charge is 0.0718 e. The predicted molar refractivity (Wildman–Crippen MR) is 223 cm³/mol. The number of benzene rings is 8. The lowest BCUT2D eigenvalue weighted by Crippen LogP contribution is -2.13. The Morgan fingerprint density at radius 3 is 1.72 bits per heavy atom. The summed E-state index contributed by atoms with van der Waals surface area (Å²) in [6.45, 7) is 0. The second-order valence-corrected chi connectivity index (χ2v) is 13.8. The predicted octanol–water partition coefficient (Wildman–Crippen LogP) is 12.6. The van der Waals surface area contributed by atoms with Crippen LogP contribution in [0.15, 0.2) is 182 Å². The molecule has 0 fully saturated rings. The minimum absolute atomic E-state index is 0.470. The highest BCUT2D eigenvalue weighted by Crippen LogP contribution is 2.47. The van der Waals surface area contributed by atoms with Gasteiger partial charge in [-0.1, -0.05) is 133 Å². The van der Waals surface area contributed by atoms with Crippen molar-refractivity contribution in [3.63, 3.8) is 0 Å². The monoisotopic (exact) mass is 676 g/mol.